The van der Waals surface area contributed by atoms with Gasteiger partial charge in [0.05, 0.1) is 0 Å². The molecule has 1 heteroatoms. The molecule has 0 radical (unpaired) electrons. The molecule has 0 aliphatic carbocycles. The number of fused-ring (bicyclic) bond motifs is 1. The summed E-state index contributed by atoms with van der Waals surface area (Å²) in [6, 6.07) is 19.0. The zero-order valence-corrected chi connectivity index (χ0v) is 11.7. The van der Waals surface area contributed by atoms with E-state index in [1.807, 2.05) is 6.07 Å². The van der Waals surface area contributed by atoms with Crippen molar-refractivity contribution in [3.05, 3.63) is 77.9 Å². The van der Waals surface area contributed by atoms with Crippen LogP contribution in [0.25, 0.3) is 0 Å². The third-order valence-electron chi connectivity index (χ3n) is 3.74. The molecule has 0 amide bonds. The predicted molar refractivity (Wildman–Crippen MR) is 83.1 cm³/mol. The number of benzene rings is 2. The van der Waals surface area contributed by atoms with Crippen LogP contribution in [0.2, 0.25) is 0 Å². The van der Waals surface area contributed by atoms with Crippen LogP contribution in [0.1, 0.15) is 24.0 Å². The topological polar surface area (TPSA) is 9.23 Å². The van der Waals surface area contributed by atoms with Crippen LogP contribution in [0.15, 0.2) is 66.7 Å². The van der Waals surface area contributed by atoms with Gasteiger partial charge in [0.1, 0.15) is 11.9 Å². The highest BCUT2D eigenvalue weighted by Crippen LogP contribution is 2.27. The summed E-state index contributed by atoms with van der Waals surface area (Å²) in [7, 11) is 0. The van der Waals surface area contributed by atoms with E-state index in [0.717, 1.165) is 31.4 Å². The van der Waals surface area contributed by atoms with Crippen molar-refractivity contribution in [2.45, 2.75) is 31.8 Å². The molecule has 2 aromatic rings. The van der Waals surface area contributed by atoms with E-state index in [9.17, 15) is 0 Å². The molecule has 0 saturated carbocycles. The highest BCUT2D eigenvalue weighted by Gasteiger charge is 2.16. The van der Waals surface area contributed by atoms with E-state index >= 15 is 0 Å². The first-order chi connectivity index (χ1) is 9.92. The van der Waals surface area contributed by atoms with Gasteiger partial charge in [-0.25, -0.2) is 0 Å². The minimum absolute atomic E-state index is 0.237. The lowest BCUT2D eigenvalue weighted by molar-refractivity contribution is 0.218. The van der Waals surface area contributed by atoms with Crippen LogP contribution in [0.4, 0.5) is 0 Å². The van der Waals surface area contributed by atoms with E-state index in [0.29, 0.717) is 0 Å². The molecule has 0 spiro atoms. The maximum absolute atomic E-state index is 6.00. The van der Waals surface area contributed by atoms with Gasteiger partial charge in [-0.15, -0.1) is 0 Å². The number of allylic oxidation sites excluding steroid dienone is 1. The van der Waals surface area contributed by atoms with Gasteiger partial charge in [0, 0.05) is 0 Å². The lowest BCUT2D eigenvalue weighted by Gasteiger charge is -2.23. The fraction of sp³-hybridized carbons (Fsp3) is 0.263. The molecule has 20 heavy (non-hydrogen) atoms. The standard InChI is InChI=1S/C19H20O/c1-2-8-16(9-3-1)10-4-6-12-18-15-14-17-11-5-7-13-19(17)20-18/h1-3,5-9,11-13,18H,4,10,14-15H2/b12-6+/t18-/m1/s1. The van der Waals surface area contributed by atoms with Crippen molar-refractivity contribution in [3.63, 3.8) is 0 Å². The number of hydrogen-bond donors (Lipinski definition) is 0. The fourth-order valence-corrected chi connectivity index (χ4v) is 2.62. The molecule has 1 aliphatic heterocycles. The van der Waals surface area contributed by atoms with Crippen molar-refractivity contribution in [3.8, 4) is 5.75 Å². The van der Waals surface area contributed by atoms with Crippen molar-refractivity contribution in [2.75, 3.05) is 0 Å². The van der Waals surface area contributed by atoms with Gasteiger partial charge >= 0.3 is 0 Å². The van der Waals surface area contributed by atoms with Crippen molar-refractivity contribution in [2.24, 2.45) is 0 Å². The molecule has 102 valence electrons. The Morgan fingerprint density at radius 3 is 2.70 bits per heavy atom. The smallest absolute Gasteiger partial charge is 0.123 e. The molecule has 1 atom stereocenters. The highest BCUT2D eigenvalue weighted by molar-refractivity contribution is 5.35. The average molecular weight is 264 g/mol. The van der Waals surface area contributed by atoms with Gasteiger partial charge in [-0.05, 0) is 49.0 Å². The minimum Gasteiger partial charge on any atom is -0.486 e. The Bertz CT molecular complexity index is 571. The Hall–Kier alpha value is -2.02. The lowest BCUT2D eigenvalue weighted by atomic mass is 10.0. The van der Waals surface area contributed by atoms with Crippen LogP contribution in [-0.4, -0.2) is 6.10 Å². The molecule has 0 saturated heterocycles. The minimum atomic E-state index is 0.237. The summed E-state index contributed by atoms with van der Waals surface area (Å²) >= 11 is 0. The summed E-state index contributed by atoms with van der Waals surface area (Å²) in [6.45, 7) is 0. The van der Waals surface area contributed by atoms with Crippen LogP contribution in [0.3, 0.4) is 0 Å². The molecule has 1 nitrogen and oxygen atoms in total. The summed E-state index contributed by atoms with van der Waals surface area (Å²) in [6.07, 6.45) is 9.08. The van der Waals surface area contributed by atoms with Crippen LogP contribution in [0.5, 0.6) is 5.75 Å². The lowest BCUT2D eigenvalue weighted by Crippen LogP contribution is -2.20. The Morgan fingerprint density at radius 1 is 1.00 bits per heavy atom. The van der Waals surface area contributed by atoms with Gasteiger partial charge in [0.25, 0.3) is 0 Å². The van der Waals surface area contributed by atoms with E-state index in [2.05, 4.69) is 60.7 Å². The van der Waals surface area contributed by atoms with Gasteiger partial charge in [-0.3, -0.25) is 0 Å². The quantitative estimate of drug-likeness (QED) is 0.735. The third-order valence-corrected chi connectivity index (χ3v) is 3.74. The van der Waals surface area contributed by atoms with Crippen LogP contribution >= 0.6 is 0 Å². The summed E-state index contributed by atoms with van der Waals surface area (Å²) in [5.74, 6) is 1.05. The van der Waals surface area contributed by atoms with Gasteiger partial charge in [-0.1, -0.05) is 54.6 Å². The third kappa shape index (κ3) is 3.30. The van der Waals surface area contributed by atoms with Crippen LogP contribution < -0.4 is 4.74 Å². The first-order valence-corrected chi connectivity index (χ1v) is 7.37. The van der Waals surface area contributed by atoms with E-state index in [1.54, 1.807) is 0 Å². The molecule has 0 N–H and O–H groups in total. The first-order valence-electron chi connectivity index (χ1n) is 7.37. The van der Waals surface area contributed by atoms with E-state index in [-0.39, 0.29) is 6.10 Å². The monoisotopic (exact) mass is 264 g/mol. The number of hydrogen-bond acceptors (Lipinski definition) is 1. The molecular weight excluding hydrogens is 244 g/mol. The van der Waals surface area contributed by atoms with Gasteiger partial charge in [0.2, 0.25) is 0 Å². The number of ether oxygens (including phenoxy) is 1. The summed E-state index contributed by atoms with van der Waals surface area (Å²) in [5.41, 5.74) is 2.73. The zero-order valence-electron chi connectivity index (χ0n) is 11.7. The number of rotatable bonds is 4. The normalized spacial score (nSPS) is 17.7. The Balaban J connectivity index is 1.51. The van der Waals surface area contributed by atoms with E-state index in [1.165, 1.54) is 11.1 Å². The predicted octanol–water partition coefficient (Wildman–Crippen LogP) is 4.57. The van der Waals surface area contributed by atoms with Crippen LogP contribution in [0, 0.1) is 0 Å². The molecule has 0 unspecified atom stereocenters. The largest absolute Gasteiger partial charge is 0.486 e. The second-order valence-electron chi connectivity index (χ2n) is 5.26. The maximum atomic E-state index is 6.00. The van der Waals surface area contributed by atoms with Crippen molar-refractivity contribution < 1.29 is 4.74 Å². The molecule has 0 fully saturated rings. The average Bonchev–Trinajstić information content (AvgIpc) is 2.52. The number of aryl methyl sites for hydroxylation is 2. The van der Waals surface area contributed by atoms with Gasteiger partial charge in [0.15, 0.2) is 0 Å². The SMILES string of the molecule is C(=C\[C@@H]1CCc2ccccc2O1)/CCc1ccccc1. The molecule has 3 rings (SSSR count). The molecular formula is C19H20O. The second kappa shape index (κ2) is 6.42. The fourth-order valence-electron chi connectivity index (χ4n) is 2.62. The molecule has 1 heterocycles. The second-order valence-corrected chi connectivity index (χ2v) is 5.26. The molecule has 2 aromatic carbocycles. The molecule has 1 aliphatic rings. The maximum Gasteiger partial charge on any atom is 0.123 e. The van der Waals surface area contributed by atoms with E-state index < -0.39 is 0 Å². The number of para-hydroxylation sites is 1. The van der Waals surface area contributed by atoms with Crippen molar-refractivity contribution >= 4 is 0 Å². The zero-order chi connectivity index (χ0) is 13.6. The summed E-state index contributed by atoms with van der Waals surface area (Å²) in [5, 5.41) is 0. The van der Waals surface area contributed by atoms with Gasteiger partial charge < -0.3 is 4.74 Å². The molecule has 0 bridgehead atoms. The Kier molecular flexibility index (Phi) is 4.17. The van der Waals surface area contributed by atoms with Crippen LogP contribution in [-0.2, 0) is 12.8 Å². The summed E-state index contributed by atoms with van der Waals surface area (Å²) < 4.78 is 6.00. The van der Waals surface area contributed by atoms with Gasteiger partial charge in [-0.2, -0.15) is 0 Å². The van der Waals surface area contributed by atoms with Crippen molar-refractivity contribution in [1.29, 1.82) is 0 Å². The Labute approximate surface area is 120 Å². The molecule has 0 aromatic heterocycles. The first kappa shape index (κ1) is 13.0. The highest BCUT2D eigenvalue weighted by atomic mass is 16.5. The summed E-state index contributed by atoms with van der Waals surface area (Å²) in [4.78, 5) is 0. The van der Waals surface area contributed by atoms with E-state index in [4.69, 9.17) is 4.74 Å². The van der Waals surface area contributed by atoms with Crippen molar-refractivity contribution in [1.82, 2.24) is 0 Å². The Morgan fingerprint density at radius 2 is 1.80 bits per heavy atom.